The van der Waals surface area contributed by atoms with E-state index in [9.17, 15) is 0 Å². The zero-order chi connectivity index (χ0) is 12.0. The molecule has 2 N–H and O–H groups in total. The Balaban J connectivity index is 2.79. The van der Waals surface area contributed by atoms with Gasteiger partial charge in [0.25, 0.3) is 0 Å². The maximum atomic E-state index is 6.32. The van der Waals surface area contributed by atoms with Crippen molar-refractivity contribution < 1.29 is 9.47 Å². The number of ether oxygens (including phenoxy) is 2. The van der Waals surface area contributed by atoms with Crippen molar-refractivity contribution >= 4 is 0 Å². The third-order valence-electron chi connectivity index (χ3n) is 2.77. The molecule has 1 aromatic carbocycles. The standard InChI is InChI=1S/C13H21NO2/c1-13(14,9-6-10-15-2)11-7-4-5-8-12(11)16-3/h4-5,7-8H,6,9-10,14H2,1-3H3. The van der Waals surface area contributed by atoms with Gasteiger partial charge in [-0.05, 0) is 25.8 Å². The average molecular weight is 223 g/mol. The van der Waals surface area contributed by atoms with Gasteiger partial charge < -0.3 is 15.2 Å². The van der Waals surface area contributed by atoms with Crippen molar-refractivity contribution in [3.05, 3.63) is 29.8 Å². The summed E-state index contributed by atoms with van der Waals surface area (Å²) in [5.74, 6) is 0.852. The molecule has 16 heavy (non-hydrogen) atoms. The van der Waals surface area contributed by atoms with Crippen molar-refractivity contribution in [1.82, 2.24) is 0 Å². The molecule has 0 spiro atoms. The summed E-state index contributed by atoms with van der Waals surface area (Å²) >= 11 is 0. The minimum Gasteiger partial charge on any atom is -0.496 e. The van der Waals surface area contributed by atoms with Crippen LogP contribution in [0.5, 0.6) is 5.75 Å². The van der Waals surface area contributed by atoms with Gasteiger partial charge in [0.05, 0.1) is 7.11 Å². The maximum Gasteiger partial charge on any atom is 0.123 e. The quantitative estimate of drug-likeness (QED) is 0.753. The Morgan fingerprint density at radius 1 is 1.25 bits per heavy atom. The fourth-order valence-corrected chi connectivity index (χ4v) is 1.83. The third-order valence-corrected chi connectivity index (χ3v) is 2.77. The predicted molar refractivity (Wildman–Crippen MR) is 65.6 cm³/mol. The van der Waals surface area contributed by atoms with Gasteiger partial charge in [0, 0.05) is 24.8 Å². The van der Waals surface area contributed by atoms with Crippen LogP contribution in [0.25, 0.3) is 0 Å². The van der Waals surface area contributed by atoms with E-state index >= 15 is 0 Å². The van der Waals surface area contributed by atoms with Gasteiger partial charge in [-0.25, -0.2) is 0 Å². The van der Waals surface area contributed by atoms with Gasteiger partial charge in [-0.3, -0.25) is 0 Å². The molecule has 0 heterocycles. The van der Waals surface area contributed by atoms with Crippen LogP contribution in [0, 0.1) is 0 Å². The highest BCUT2D eigenvalue weighted by Crippen LogP contribution is 2.30. The summed E-state index contributed by atoms with van der Waals surface area (Å²) in [6.07, 6.45) is 1.82. The number of rotatable bonds is 6. The second kappa shape index (κ2) is 5.87. The van der Waals surface area contributed by atoms with E-state index in [0.29, 0.717) is 0 Å². The summed E-state index contributed by atoms with van der Waals surface area (Å²) in [4.78, 5) is 0. The predicted octanol–water partition coefficient (Wildman–Crippen LogP) is 2.30. The van der Waals surface area contributed by atoms with Crippen LogP contribution < -0.4 is 10.5 Å². The molecule has 0 radical (unpaired) electrons. The zero-order valence-corrected chi connectivity index (χ0v) is 10.3. The zero-order valence-electron chi connectivity index (χ0n) is 10.3. The van der Waals surface area contributed by atoms with Crippen LogP contribution in [-0.2, 0) is 10.3 Å². The van der Waals surface area contributed by atoms with Crippen LogP contribution >= 0.6 is 0 Å². The molecule has 1 rings (SSSR count). The summed E-state index contributed by atoms with van der Waals surface area (Å²) in [6.45, 7) is 2.77. The Bertz CT molecular complexity index is 323. The van der Waals surface area contributed by atoms with Crippen LogP contribution in [0.2, 0.25) is 0 Å². The molecule has 1 aromatic rings. The molecule has 1 atom stereocenters. The van der Waals surface area contributed by atoms with E-state index in [4.69, 9.17) is 15.2 Å². The first-order chi connectivity index (χ1) is 7.61. The van der Waals surface area contributed by atoms with E-state index in [1.807, 2.05) is 31.2 Å². The van der Waals surface area contributed by atoms with Gasteiger partial charge in [-0.15, -0.1) is 0 Å². The summed E-state index contributed by atoms with van der Waals surface area (Å²) in [5.41, 5.74) is 7.00. The molecule has 0 saturated heterocycles. The van der Waals surface area contributed by atoms with Crippen LogP contribution in [0.4, 0.5) is 0 Å². The second-order valence-electron chi connectivity index (χ2n) is 4.21. The van der Waals surface area contributed by atoms with Gasteiger partial charge in [0.2, 0.25) is 0 Å². The molecule has 0 aliphatic carbocycles. The Morgan fingerprint density at radius 3 is 2.56 bits per heavy atom. The molecule has 0 amide bonds. The molecule has 0 saturated carbocycles. The number of hydrogen-bond acceptors (Lipinski definition) is 3. The summed E-state index contributed by atoms with van der Waals surface area (Å²) in [5, 5.41) is 0. The normalized spacial score (nSPS) is 14.5. The molecule has 0 aliphatic rings. The molecular weight excluding hydrogens is 202 g/mol. The monoisotopic (exact) mass is 223 g/mol. The molecule has 90 valence electrons. The number of hydrogen-bond donors (Lipinski definition) is 1. The van der Waals surface area contributed by atoms with Crippen LogP contribution in [-0.4, -0.2) is 20.8 Å². The first kappa shape index (κ1) is 13.0. The molecule has 0 aliphatic heterocycles. The van der Waals surface area contributed by atoms with Crippen molar-refractivity contribution in [1.29, 1.82) is 0 Å². The van der Waals surface area contributed by atoms with Crippen molar-refractivity contribution in [3.63, 3.8) is 0 Å². The Kier molecular flexibility index (Phi) is 4.77. The molecule has 1 unspecified atom stereocenters. The molecule has 3 nitrogen and oxygen atoms in total. The topological polar surface area (TPSA) is 44.5 Å². The van der Waals surface area contributed by atoms with Crippen molar-refractivity contribution in [2.45, 2.75) is 25.3 Å². The molecule has 0 fully saturated rings. The van der Waals surface area contributed by atoms with Crippen LogP contribution in [0.15, 0.2) is 24.3 Å². The highest BCUT2D eigenvalue weighted by molar-refractivity contribution is 5.38. The van der Waals surface area contributed by atoms with Gasteiger partial charge >= 0.3 is 0 Å². The first-order valence-electron chi connectivity index (χ1n) is 5.53. The number of nitrogens with two attached hydrogens (primary N) is 1. The average Bonchev–Trinajstić information content (AvgIpc) is 2.29. The third kappa shape index (κ3) is 3.22. The van der Waals surface area contributed by atoms with E-state index < -0.39 is 0 Å². The maximum absolute atomic E-state index is 6.32. The summed E-state index contributed by atoms with van der Waals surface area (Å²) in [6, 6.07) is 7.90. The van der Waals surface area contributed by atoms with Crippen molar-refractivity contribution in [2.24, 2.45) is 5.73 Å². The minimum atomic E-state index is -0.370. The summed E-state index contributed by atoms with van der Waals surface area (Å²) in [7, 11) is 3.38. The van der Waals surface area contributed by atoms with E-state index in [0.717, 1.165) is 30.8 Å². The molecular formula is C13H21NO2. The van der Waals surface area contributed by atoms with Gasteiger partial charge in [-0.1, -0.05) is 18.2 Å². The van der Waals surface area contributed by atoms with E-state index in [1.165, 1.54) is 0 Å². The smallest absolute Gasteiger partial charge is 0.123 e. The Hall–Kier alpha value is -1.06. The van der Waals surface area contributed by atoms with Gasteiger partial charge in [-0.2, -0.15) is 0 Å². The highest BCUT2D eigenvalue weighted by Gasteiger charge is 2.23. The second-order valence-corrected chi connectivity index (χ2v) is 4.21. The van der Waals surface area contributed by atoms with E-state index in [1.54, 1.807) is 14.2 Å². The van der Waals surface area contributed by atoms with E-state index in [2.05, 4.69) is 0 Å². The molecule has 0 aromatic heterocycles. The number of para-hydroxylation sites is 1. The largest absolute Gasteiger partial charge is 0.496 e. The number of benzene rings is 1. The van der Waals surface area contributed by atoms with E-state index in [-0.39, 0.29) is 5.54 Å². The molecule has 0 bridgehead atoms. The lowest BCUT2D eigenvalue weighted by atomic mass is 9.88. The first-order valence-corrected chi connectivity index (χ1v) is 5.53. The summed E-state index contributed by atoms with van der Waals surface area (Å²) < 4.78 is 10.4. The highest BCUT2D eigenvalue weighted by atomic mass is 16.5. The Morgan fingerprint density at radius 2 is 1.94 bits per heavy atom. The van der Waals surface area contributed by atoms with Gasteiger partial charge in [0.1, 0.15) is 5.75 Å². The van der Waals surface area contributed by atoms with Crippen LogP contribution in [0.1, 0.15) is 25.3 Å². The lowest BCUT2D eigenvalue weighted by molar-refractivity contribution is 0.184. The van der Waals surface area contributed by atoms with Gasteiger partial charge in [0.15, 0.2) is 0 Å². The van der Waals surface area contributed by atoms with Crippen LogP contribution in [0.3, 0.4) is 0 Å². The lowest BCUT2D eigenvalue weighted by Gasteiger charge is -2.27. The Labute approximate surface area is 97.6 Å². The number of methoxy groups -OCH3 is 2. The lowest BCUT2D eigenvalue weighted by Crippen LogP contribution is -2.33. The minimum absolute atomic E-state index is 0.370. The SMILES string of the molecule is COCCCC(C)(N)c1ccccc1OC. The fraction of sp³-hybridized carbons (Fsp3) is 0.538. The molecule has 3 heteroatoms. The fourth-order valence-electron chi connectivity index (χ4n) is 1.83. The van der Waals surface area contributed by atoms with Crippen molar-refractivity contribution in [2.75, 3.05) is 20.8 Å². The van der Waals surface area contributed by atoms with Crippen molar-refractivity contribution in [3.8, 4) is 5.75 Å².